The van der Waals surface area contributed by atoms with Crippen LogP contribution in [0.25, 0.3) is 21.3 Å². The van der Waals surface area contributed by atoms with Crippen molar-refractivity contribution < 1.29 is 10.2 Å². The maximum atomic E-state index is 11.7. The van der Waals surface area contributed by atoms with Crippen LogP contribution >= 0.6 is 0 Å². The molecule has 2 unspecified atom stereocenters. The van der Waals surface area contributed by atoms with Crippen LogP contribution in [0.2, 0.25) is 0 Å². The smallest absolute Gasteiger partial charge is 0.326 e. The number of aromatic amines is 2. The SMILES string of the molecule is [N-]=[N+]=NCCC(O)C(O)c1ccc2[nH]c(=O)[nH]c(=O)c2c1. The van der Waals surface area contributed by atoms with Crippen LogP contribution in [-0.2, 0) is 0 Å². The summed E-state index contributed by atoms with van der Waals surface area (Å²) in [4.78, 5) is 29.9. The van der Waals surface area contributed by atoms with Crippen molar-refractivity contribution in [2.24, 2.45) is 5.11 Å². The first-order valence-electron chi connectivity index (χ1n) is 6.16. The highest BCUT2D eigenvalue weighted by molar-refractivity contribution is 5.77. The summed E-state index contributed by atoms with van der Waals surface area (Å²) in [6.07, 6.45) is -2.27. The molecule has 0 fully saturated rings. The third kappa shape index (κ3) is 3.29. The molecular formula is C12H13N5O4. The highest BCUT2D eigenvalue weighted by Crippen LogP contribution is 2.21. The highest BCUT2D eigenvalue weighted by Gasteiger charge is 2.18. The molecule has 2 atom stereocenters. The maximum Gasteiger partial charge on any atom is 0.326 e. The summed E-state index contributed by atoms with van der Waals surface area (Å²) in [7, 11) is 0. The van der Waals surface area contributed by atoms with E-state index >= 15 is 0 Å². The third-order valence-electron chi connectivity index (χ3n) is 3.06. The zero-order valence-corrected chi connectivity index (χ0v) is 10.9. The zero-order chi connectivity index (χ0) is 15.4. The average molecular weight is 291 g/mol. The van der Waals surface area contributed by atoms with Gasteiger partial charge in [0.1, 0.15) is 6.10 Å². The first-order chi connectivity index (χ1) is 10.0. The van der Waals surface area contributed by atoms with Crippen molar-refractivity contribution in [3.8, 4) is 0 Å². The molecule has 0 spiro atoms. The second kappa shape index (κ2) is 6.23. The fourth-order valence-electron chi connectivity index (χ4n) is 1.98. The number of aliphatic hydroxyl groups excluding tert-OH is 2. The molecule has 0 aliphatic heterocycles. The number of hydrogen-bond acceptors (Lipinski definition) is 5. The van der Waals surface area contributed by atoms with Gasteiger partial charge in [0, 0.05) is 11.5 Å². The summed E-state index contributed by atoms with van der Waals surface area (Å²) < 4.78 is 0. The second-order valence-electron chi connectivity index (χ2n) is 4.47. The Bertz CT molecular complexity index is 805. The third-order valence-corrected chi connectivity index (χ3v) is 3.06. The Morgan fingerprint density at radius 1 is 1.29 bits per heavy atom. The molecule has 9 heteroatoms. The van der Waals surface area contributed by atoms with Crippen molar-refractivity contribution in [3.63, 3.8) is 0 Å². The Morgan fingerprint density at radius 3 is 2.76 bits per heavy atom. The van der Waals surface area contributed by atoms with E-state index in [-0.39, 0.29) is 18.4 Å². The Morgan fingerprint density at radius 2 is 2.05 bits per heavy atom. The number of rotatable bonds is 5. The van der Waals surface area contributed by atoms with Crippen LogP contribution in [0.15, 0.2) is 32.9 Å². The van der Waals surface area contributed by atoms with E-state index in [9.17, 15) is 19.8 Å². The molecule has 0 bridgehead atoms. The number of fused-ring (bicyclic) bond motifs is 1. The lowest BCUT2D eigenvalue weighted by Gasteiger charge is -2.17. The van der Waals surface area contributed by atoms with Gasteiger partial charge in [-0.2, -0.15) is 0 Å². The Balaban J connectivity index is 2.32. The molecule has 1 heterocycles. The number of azide groups is 1. The summed E-state index contributed by atoms with van der Waals surface area (Å²) >= 11 is 0. The molecule has 110 valence electrons. The van der Waals surface area contributed by atoms with Crippen LogP contribution in [0.5, 0.6) is 0 Å². The van der Waals surface area contributed by atoms with Gasteiger partial charge < -0.3 is 15.2 Å². The molecule has 2 rings (SSSR count). The predicted molar refractivity (Wildman–Crippen MR) is 74.8 cm³/mol. The summed E-state index contributed by atoms with van der Waals surface area (Å²) in [6.45, 7) is 0.0518. The number of aliphatic hydroxyl groups is 2. The van der Waals surface area contributed by atoms with E-state index in [4.69, 9.17) is 5.53 Å². The largest absolute Gasteiger partial charge is 0.390 e. The standard InChI is InChI=1S/C12H13N5O4/c13-17-14-4-3-9(18)10(19)6-1-2-8-7(5-6)11(20)16-12(21)15-8/h1-2,5,9-10,18-19H,3-4H2,(H2,15,16,20,21). The van der Waals surface area contributed by atoms with Gasteiger partial charge in [-0.15, -0.1) is 0 Å². The Labute approximate surface area is 117 Å². The topological polar surface area (TPSA) is 155 Å². The quantitative estimate of drug-likeness (QED) is 0.355. The minimum Gasteiger partial charge on any atom is -0.390 e. The van der Waals surface area contributed by atoms with Gasteiger partial charge in [0.15, 0.2) is 0 Å². The van der Waals surface area contributed by atoms with Crippen molar-refractivity contribution >= 4 is 10.9 Å². The van der Waals surface area contributed by atoms with Gasteiger partial charge in [-0.1, -0.05) is 11.2 Å². The monoisotopic (exact) mass is 291 g/mol. The molecule has 4 N–H and O–H groups in total. The molecular weight excluding hydrogens is 278 g/mol. The lowest BCUT2D eigenvalue weighted by atomic mass is 10.0. The highest BCUT2D eigenvalue weighted by atomic mass is 16.3. The van der Waals surface area contributed by atoms with E-state index in [1.54, 1.807) is 0 Å². The molecule has 21 heavy (non-hydrogen) atoms. The molecule has 0 radical (unpaired) electrons. The molecule has 2 aromatic rings. The fraction of sp³-hybridized carbons (Fsp3) is 0.333. The average Bonchev–Trinajstić information content (AvgIpc) is 2.46. The van der Waals surface area contributed by atoms with E-state index in [1.807, 2.05) is 0 Å². The van der Waals surface area contributed by atoms with E-state index in [0.29, 0.717) is 11.1 Å². The molecule has 0 aliphatic rings. The number of benzene rings is 1. The number of nitrogens with zero attached hydrogens (tertiary/aromatic N) is 3. The maximum absolute atomic E-state index is 11.7. The number of aromatic nitrogens is 2. The summed E-state index contributed by atoms with van der Waals surface area (Å²) in [5, 5.41) is 23.3. The van der Waals surface area contributed by atoms with Gasteiger partial charge in [-0.05, 0) is 29.6 Å². The minimum absolute atomic E-state index is 0.0518. The van der Waals surface area contributed by atoms with Crippen molar-refractivity contribution in [2.75, 3.05) is 6.54 Å². The van der Waals surface area contributed by atoms with Crippen LogP contribution in [0.1, 0.15) is 18.1 Å². The summed E-state index contributed by atoms with van der Waals surface area (Å²) in [5.41, 5.74) is 7.62. The number of nitrogens with one attached hydrogen (secondary N) is 2. The van der Waals surface area contributed by atoms with Gasteiger partial charge in [-0.3, -0.25) is 9.78 Å². The molecule has 0 amide bonds. The summed E-state index contributed by atoms with van der Waals surface area (Å²) in [5.74, 6) is 0. The van der Waals surface area contributed by atoms with Crippen LogP contribution in [-0.4, -0.2) is 32.8 Å². The van der Waals surface area contributed by atoms with Gasteiger partial charge >= 0.3 is 5.69 Å². The molecule has 0 aliphatic carbocycles. The Hall–Kier alpha value is -2.61. The Kier molecular flexibility index (Phi) is 4.39. The first kappa shape index (κ1) is 14.8. The van der Waals surface area contributed by atoms with Crippen molar-refractivity contribution in [1.29, 1.82) is 0 Å². The number of hydrogen-bond donors (Lipinski definition) is 4. The molecule has 1 aromatic carbocycles. The van der Waals surface area contributed by atoms with Crippen LogP contribution in [0.3, 0.4) is 0 Å². The molecule has 0 saturated heterocycles. The minimum atomic E-state index is -1.23. The number of H-pyrrole nitrogens is 2. The zero-order valence-electron chi connectivity index (χ0n) is 10.9. The van der Waals surface area contributed by atoms with Gasteiger partial charge in [0.2, 0.25) is 0 Å². The normalized spacial score (nSPS) is 13.6. The fourth-order valence-corrected chi connectivity index (χ4v) is 1.98. The van der Waals surface area contributed by atoms with E-state index in [0.717, 1.165) is 0 Å². The van der Waals surface area contributed by atoms with Crippen LogP contribution < -0.4 is 11.2 Å². The molecule has 9 nitrogen and oxygen atoms in total. The lowest BCUT2D eigenvalue weighted by Crippen LogP contribution is -2.23. The van der Waals surface area contributed by atoms with E-state index in [1.165, 1.54) is 18.2 Å². The van der Waals surface area contributed by atoms with E-state index < -0.39 is 23.5 Å². The van der Waals surface area contributed by atoms with E-state index in [2.05, 4.69) is 20.0 Å². The lowest BCUT2D eigenvalue weighted by molar-refractivity contribution is 0.0151. The van der Waals surface area contributed by atoms with Crippen LogP contribution in [0.4, 0.5) is 0 Å². The van der Waals surface area contributed by atoms with Crippen molar-refractivity contribution in [1.82, 2.24) is 9.97 Å². The van der Waals surface area contributed by atoms with Gasteiger partial charge in [0.25, 0.3) is 5.56 Å². The van der Waals surface area contributed by atoms with Gasteiger partial charge in [-0.25, -0.2) is 4.79 Å². The van der Waals surface area contributed by atoms with Crippen LogP contribution in [0, 0.1) is 0 Å². The predicted octanol–water partition coefficient (Wildman–Crippen LogP) is 0.311. The summed E-state index contributed by atoms with van der Waals surface area (Å²) in [6, 6.07) is 4.37. The van der Waals surface area contributed by atoms with Gasteiger partial charge in [0.05, 0.1) is 17.0 Å². The second-order valence-corrected chi connectivity index (χ2v) is 4.47. The first-order valence-corrected chi connectivity index (χ1v) is 6.16. The molecule has 1 aromatic heterocycles. The molecule has 0 saturated carbocycles. The van der Waals surface area contributed by atoms with Crippen molar-refractivity contribution in [3.05, 3.63) is 55.0 Å². The van der Waals surface area contributed by atoms with Crippen molar-refractivity contribution in [2.45, 2.75) is 18.6 Å².